The lowest BCUT2D eigenvalue weighted by Gasteiger charge is -2.28. The third-order valence-electron chi connectivity index (χ3n) is 5.99. The molecule has 2 heterocycles. The second kappa shape index (κ2) is 8.51. The molecule has 164 valence electrons. The largest absolute Gasteiger partial charge is 0.475 e. The van der Waals surface area contributed by atoms with Crippen LogP contribution in [0.25, 0.3) is 0 Å². The maximum atomic E-state index is 13.7. The Morgan fingerprint density at radius 3 is 2.53 bits per heavy atom. The van der Waals surface area contributed by atoms with E-state index in [-0.39, 0.29) is 12.7 Å². The number of methoxy groups -OCH3 is 1. The number of benzene rings is 2. The maximum Gasteiger partial charge on any atom is 0.235 e. The van der Waals surface area contributed by atoms with Crippen molar-refractivity contribution >= 4 is 11.6 Å². The Morgan fingerprint density at radius 2 is 1.81 bits per heavy atom. The van der Waals surface area contributed by atoms with E-state index in [9.17, 15) is 4.79 Å². The van der Waals surface area contributed by atoms with Crippen LogP contribution in [0.5, 0.6) is 17.4 Å². The Kier molecular flexibility index (Phi) is 5.41. The molecule has 1 N–H and O–H groups in total. The lowest BCUT2D eigenvalue weighted by Crippen LogP contribution is -2.41. The van der Waals surface area contributed by atoms with Gasteiger partial charge in [-0.15, -0.1) is 0 Å². The number of hydrogen-bond donors (Lipinski definition) is 1. The summed E-state index contributed by atoms with van der Waals surface area (Å²) in [6.45, 7) is 1.10. The zero-order valence-electron chi connectivity index (χ0n) is 17.8. The van der Waals surface area contributed by atoms with Gasteiger partial charge in [-0.3, -0.25) is 4.79 Å². The predicted octanol–water partition coefficient (Wildman–Crippen LogP) is 3.51. The zero-order chi connectivity index (χ0) is 22.0. The van der Waals surface area contributed by atoms with Crippen LogP contribution in [0, 0.1) is 0 Å². The number of pyridine rings is 1. The van der Waals surface area contributed by atoms with E-state index in [1.54, 1.807) is 25.4 Å². The lowest BCUT2D eigenvalue weighted by atomic mass is 9.76. The van der Waals surface area contributed by atoms with E-state index in [1.807, 2.05) is 30.3 Å². The number of hydrogen-bond acceptors (Lipinski definition) is 6. The Labute approximate surface area is 186 Å². The lowest BCUT2D eigenvalue weighted by molar-refractivity contribution is -0.121. The first-order valence-corrected chi connectivity index (χ1v) is 10.5. The van der Waals surface area contributed by atoms with Gasteiger partial charge in [0, 0.05) is 13.2 Å². The molecule has 2 aliphatic rings. The van der Waals surface area contributed by atoms with E-state index in [0.29, 0.717) is 49.1 Å². The monoisotopic (exact) mass is 432 g/mol. The molecule has 0 radical (unpaired) electrons. The highest BCUT2D eigenvalue weighted by atomic mass is 16.7. The first kappa shape index (κ1) is 20.3. The molecule has 0 atom stereocenters. The summed E-state index contributed by atoms with van der Waals surface area (Å²) in [6, 6.07) is 17.5. The molecule has 32 heavy (non-hydrogen) atoms. The minimum atomic E-state index is -0.752. The summed E-state index contributed by atoms with van der Waals surface area (Å²) in [5.74, 6) is 1.78. The van der Waals surface area contributed by atoms with Gasteiger partial charge in [-0.2, -0.15) is 0 Å². The third-order valence-corrected chi connectivity index (χ3v) is 5.99. The van der Waals surface area contributed by atoms with Crippen LogP contribution in [0.4, 0.5) is 5.69 Å². The number of nitrogens with zero attached hydrogens (tertiary/aromatic N) is 1. The number of carbonyl (C=O) groups excluding carboxylic acids is 1. The van der Waals surface area contributed by atoms with Crippen LogP contribution in [-0.2, 0) is 27.8 Å². The zero-order valence-corrected chi connectivity index (χ0v) is 17.8. The minimum Gasteiger partial charge on any atom is -0.475 e. The van der Waals surface area contributed by atoms with E-state index >= 15 is 0 Å². The fraction of sp³-hybridized carbons (Fsp3) is 0.280. The number of carbonyl (C=O) groups is 1. The molecule has 7 heteroatoms. The molecule has 1 amide bonds. The Bertz CT molecular complexity index is 1100. The quantitative estimate of drug-likeness (QED) is 0.576. The highest BCUT2D eigenvalue weighted by molar-refractivity contribution is 6.00. The summed E-state index contributed by atoms with van der Waals surface area (Å²) in [7, 11) is 1.62. The average Bonchev–Trinajstić information content (AvgIpc) is 3.45. The number of ether oxygens (including phenoxy) is 4. The van der Waals surface area contributed by atoms with Crippen molar-refractivity contribution in [3.8, 4) is 17.4 Å². The number of nitrogens with one attached hydrogen (secondary N) is 1. The molecule has 7 nitrogen and oxygen atoms in total. The van der Waals surface area contributed by atoms with Crippen molar-refractivity contribution in [2.75, 3.05) is 32.4 Å². The molecular weight excluding hydrogens is 408 g/mol. The van der Waals surface area contributed by atoms with Crippen LogP contribution >= 0.6 is 0 Å². The molecule has 0 spiro atoms. The van der Waals surface area contributed by atoms with Crippen LogP contribution in [0.2, 0.25) is 0 Å². The molecule has 5 rings (SSSR count). The van der Waals surface area contributed by atoms with E-state index in [1.165, 1.54) is 11.1 Å². The van der Waals surface area contributed by atoms with Crippen molar-refractivity contribution in [3.05, 3.63) is 77.5 Å². The number of amides is 1. The highest BCUT2D eigenvalue weighted by Gasteiger charge is 2.46. The van der Waals surface area contributed by atoms with Crippen molar-refractivity contribution < 1.29 is 23.7 Å². The molecule has 2 aromatic carbocycles. The number of rotatable bonds is 7. The smallest absolute Gasteiger partial charge is 0.235 e. The summed E-state index contributed by atoms with van der Waals surface area (Å²) in [6.07, 6.45) is 2.83. The number of aromatic nitrogens is 1. The molecule has 0 saturated carbocycles. The van der Waals surface area contributed by atoms with Crippen molar-refractivity contribution in [3.63, 3.8) is 0 Å². The number of anilines is 1. The van der Waals surface area contributed by atoms with E-state index in [2.05, 4.69) is 22.4 Å². The van der Waals surface area contributed by atoms with Gasteiger partial charge >= 0.3 is 0 Å². The SMILES string of the molecule is COCCOc1ccc(NC(=O)C2(c3ccc4c(c3)OCO4)Cc3ccccc3C2)cn1. The molecule has 3 aromatic rings. The standard InChI is InChI=1S/C25H24N2O5/c1-29-10-11-30-23-9-7-20(15-26-23)27-24(28)25(13-17-4-2-3-5-18(17)14-25)19-6-8-21-22(12-19)32-16-31-21/h2-9,12,15H,10-11,13-14,16H2,1H3,(H,27,28). The molecule has 0 unspecified atom stereocenters. The normalized spacial score (nSPS) is 15.3. The van der Waals surface area contributed by atoms with Crippen LogP contribution < -0.4 is 19.5 Å². The van der Waals surface area contributed by atoms with Crippen LogP contribution in [0.3, 0.4) is 0 Å². The summed E-state index contributed by atoms with van der Waals surface area (Å²) in [4.78, 5) is 18.0. The molecule has 0 fully saturated rings. The summed E-state index contributed by atoms with van der Waals surface area (Å²) >= 11 is 0. The first-order valence-electron chi connectivity index (χ1n) is 10.5. The van der Waals surface area contributed by atoms with Crippen molar-refractivity contribution in [1.29, 1.82) is 0 Å². The van der Waals surface area contributed by atoms with Gasteiger partial charge in [0.05, 0.1) is 23.9 Å². The van der Waals surface area contributed by atoms with E-state index in [0.717, 1.165) is 5.56 Å². The summed E-state index contributed by atoms with van der Waals surface area (Å²) in [5.41, 5.74) is 3.13. The molecule has 0 saturated heterocycles. The molecule has 1 aliphatic carbocycles. The number of fused-ring (bicyclic) bond motifs is 2. The van der Waals surface area contributed by atoms with Crippen LogP contribution in [0.1, 0.15) is 16.7 Å². The molecular formula is C25H24N2O5. The van der Waals surface area contributed by atoms with Gasteiger partial charge in [0.2, 0.25) is 18.6 Å². The Balaban J connectivity index is 1.42. The first-order chi connectivity index (χ1) is 15.7. The topological polar surface area (TPSA) is 78.9 Å². The average molecular weight is 432 g/mol. The van der Waals surface area contributed by atoms with Crippen LogP contribution in [0.15, 0.2) is 60.8 Å². The van der Waals surface area contributed by atoms with Gasteiger partial charge in [0.15, 0.2) is 11.5 Å². The van der Waals surface area contributed by atoms with E-state index in [4.69, 9.17) is 18.9 Å². The van der Waals surface area contributed by atoms with Gasteiger partial charge in [-0.25, -0.2) is 4.98 Å². The molecule has 1 aliphatic heterocycles. The van der Waals surface area contributed by atoms with Gasteiger partial charge in [-0.1, -0.05) is 30.3 Å². The van der Waals surface area contributed by atoms with Gasteiger partial charge in [0.1, 0.15) is 6.61 Å². The molecule has 1 aromatic heterocycles. The maximum absolute atomic E-state index is 13.7. The minimum absolute atomic E-state index is 0.0811. The van der Waals surface area contributed by atoms with Crippen molar-refractivity contribution in [2.24, 2.45) is 0 Å². The summed E-state index contributed by atoms with van der Waals surface area (Å²) < 4.78 is 21.5. The molecule has 0 bridgehead atoms. The fourth-order valence-electron chi connectivity index (χ4n) is 4.33. The van der Waals surface area contributed by atoms with Gasteiger partial charge in [0.25, 0.3) is 0 Å². The Morgan fingerprint density at radius 1 is 1.03 bits per heavy atom. The predicted molar refractivity (Wildman–Crippen MR) is 118 cm³/mol. The third kappa shape index (κ3) is 3.76. The highest BCUT2D eigenvalue weighted by Crippen LogP contribution is 2.44. The van der Waals surface area contributed by atoms with Gasteiger partial charge < -0.3 is 24.3 Å². The van der Waals surface area contributed by atoms with Crippen LogP contribution in [-0.4, -0.2) is 38.0 Å². The summed E-state index contributed by atoms with van der Waals surface area (Å²) in [5, 5.41) is 3.07. The van der Waals surface area contributed by atoms with Crippen molar-refractivity contribution in [1.82, 2.24) is 4.98 Å². The van der Waals surface area contributed by atoms with E-state index < -0.39 is 5.41 Å². The fourth-order valence-corrected chi connectivity index (χ4v) is 4.33. The second-order valence-electron chi connectivity index (χ2n) is 7.95. The Hall–Kier alpha value is -3.58. The second-order valence-corrected chi connectivity index (χ2v) is 7.95. The van der Waals surface area contributed by atoms with Crippen molar-refractivity contribution in [2.45, 2.75) is 18.3 Å². The van der Waals surface area contributed by atoms with Gasteiger partial charge in [-0.05, 0) is 47.7 Å².